The van der Waals surface area contributed by atoms with Gasteiger partial charge < -0.3 is 24.8 Å². The Bertz CT molecular complexity index is 1430. The SMILES string of the molecule is CCCc1ccc2c(c1C1=CC=CC1)[CH]([Zr+2]=[C](c1ccccc1)c1ccccc1)c1ccccc1-2.[Cl-].[Cl-]. The number of halogens is 2. The Hall–Kier alpha value is -2.31. The largest absolute Gasteiger partial charge is 1.00 e. The predicted octanol–water partition coefficient (Wildman–Crippen LogP) is 2.41. The first-order valence-electron chi connectivity index (χ1n) is 12.7. The first-order chi connectivity index (χ1) is 17.3. The van der Waals surface area contributed by atoms with Gasteiger partial charge in [-0.3, -0.25) is 0 Å². The number of fused-ring (bicyclic) bond motifs is 3. The average molecular weight is 600 g/mol. The zero-order valence-corrected chi connectivity index (χ0v) is 24.9. The molecule has 0 saturated carbocycles. The van der Waals surface area contributed by atoms with Gasteiger partial charge in [0.2, 0.25) is 0 Å². The van der Waals surface area contributed by atoms with Crippen molar-refractivity contribution in [3.8, 4) is 11.1 Å². The molecule has 0 nitrogen and oxygen atoms in total. The molecule has 4 aromatic carbocycles. The fourth-order valence-electron chi connectivity index (χ4n) is 5.68. The third kappa shape index (κ3) is 5.33. The van der Waals surface area contributed by atoms with E-state index in [2.05, 4.69) is 122 Å². The van der Waals surface area contributed by atoms with Gasteiger partial charge in [-0.05, 0) is 0 Å². The second kappa shape index (κ2) is 12.5. The molecule has 1 unspecified atom stereocenters. The van der Waals surface area contributed by atoms with Crippen molar-refractivity contribution in [2.45, 2.75) is 29.8 Å². The van der Waals surface area contributed by atoms with Crippen molar-refractivity contribution in [2.75, 3.05) is 0 Å². The predicted molar refractivity (Wildman–Crippen MR) is 146 cm³/mol. The van der Waals surface area contributed by atoms with Crippen LogP contribution in [0.2, 0.25) is 0 Å². The van der Waals surface area contributed by atoms with Crippen LogP contribution in [-0.2, 0) is 29.2 Å². The molecule has 0 N–H and O–H groups in total. The Kier molecular flexibility index (Phi) is 9.36. The Balaban J connectivity index is 0.00000160. The second-order valence-corrected chi connectivity index (χ2v) is 12.8. The first kappa shape index (κ1) is 27.7. The van der Waals surface area contributed by atoms with Crippen LogP contribution in [0.5, 0.6) is 0 Å². The molecule has 3 heteroatoms. The minimum atomic E-state index is -1.10. The summed E-state index contributed by atoms with van der Waals surface area (Å²) in [5.74, 6) is 0. The van der Waals surface area contributed by atoms with Gasteiger partial charge >= 0.3 is 221 Å². The van der Waals surface area contributed by atoms with E-state index >= 15 is 0 Å². The molecule has 2 aliphatic carbocycles. The van der Waals surface area contributed by atoms with Gasteiger partial charge in [0.1, 0.15) is 0 Å². The Morgan fingerprint density at radius 2 is 1.41 bits per heavy atom. The van der Waals surface area contributed by atoms with E-state index in [4.69, 9.17) is 0 Å². The van der Waals surface area contributed by atoms with E-state index in [0.29, 0.717) is 3.63 Å². The maximum atomic E-state index is 2.43. The number of hydrogen-bond donors (Lipinski definition) is 0. The molecule has 0 radical (unpaired) electrons. The summed E-state index contributed by atoms with van der Waals surface area (Å²) < 4.78 is 2.10. The van der Waals surface area contributed by atoms with Gasteiger partial charge in [-0.25, -0.2) is 0 Å². The molecule has 2 aliphatic rings. The number of benzene rings is 4. The molecule has 0 amide bonds. The normalized spacial score (nSPS) is 14.5. The van der Waals surface area contributed by atoms with Crippen molar-refractivity contribution in [1.82, 2.24) is 0 Å². The van der Waals surface area contributed by atoms with Crippen molar-refractivity contribution >= 4 is 8.78 Å². The van der Waals surface area contributed by atoms with Gasteiger partial charge in [-0.15, -0.1) is 0 Å². The van der Waals surface area contributed by atoms with E-state index in [1.54, 1.807) is 19.9 Å². The zero-order valence-electron chi connectivity index (χ0n) is 20.9. The van der Waals surface area contributed by atoms with Gasteiger partial charge in [0, 0.05) is 0 Å². The molecule has 0 fully saturated rings. The smallest absolute Gasteiger partial charge is 1.00 e. The van der Waals surface area contributed by atoms with E-state index in [-0.39, 0.29) is 24.8 Å². The van der Waals surface area contributed by atoms with Crippen molar-refractivity contribution in [3.63, 3.8) is 0 Å². The standard InChI is InChI=1S/C21H19.C13H10.2ClH.Zr/c1-2-7-15-12-13-19-18-11-6-5-10-17(18)14-20(19)21(15)16-8-3-4-9-16;1-3-7-12(8-4-1)11-13-9-5-2-6-10-13;;;/h3-6,8,10-14H,2,7,9H2,1H3;1-10H;2*1H;/q;;;;+2/p-2. The molecule has 0 bridgehead atoms. The van der Waals surface area contributed by atoms with Crippen molar-refractivity contribution in [1.29, 1.82) is 0 Å². The summed E-state index contributed by atoms with van der Waals surface area (Å²) in [7, 11) is 0. The molecule has 1 atom stereocenters. The minimum absolute atomic E-state index is 0. The molecule has 0 saturated heterocycles. The Morgan fingerprint density at radius 3 is 2.03 bits per heavy atom. The number of allylic oxidation sites excluding steroid dienone is 4. The molecular formula is C34H29Cl2Zr. The van der Waals surface area contributed by atoms with E-state index < -0.39 is 22.8 Å². The van der Waals surface area contributed by atoms with Crippen LogP contribution in [0, 0.1) is 0 Å². The van der Waals surface area contributed by atoms with Gasteiger partial charge in [-0.1, -0.05) is 0 Å². The van der Waals surface area contributed by atoms with Gasteiger partial charge in [0.25, 0.3) is 0 Å². The topological polar surface area (TPSA) is 0 Å². The average Bonchev–Trinajstić information content (AvgIpc) is 3.55. The molecule has 0 spiro atoms. The monoisotopic (exact) mass is 597 g/mol. The molecule has 0 aliphatic heterocycles. The summed E-state index contributed by atoms with van der Waals surface area (Å²) >= 11 is -1.10. The summed E-state index contributed by atoms with van der Waals surface area (Å²) in [6, 6.07) is 36.3. The first-order valence-corrected chi connectivity index (χ1v) is 15.4. The van der Waals surface area contributed by atoms with Crippen molar-refractivity contribution < 1.29 is 47.6 Å². The van der Waals surface area contributed by atoms with Gasteiger partial charge in [-0.2, -0.15) is 0 Å². The van der Waals surface area contributed by atoms with Crippen LogP contribution in [0.1, 0.15) is 56.8 Å². The summed E-state index contributed by atoms with van der Waals surface area (Å²) in [6.45, 7) is 2.30. The third-order valence-corrected chi connectivity index (χ3v) is 11.5. The summed E-state index contributed by atoms with van der Waals surface area (Å²) in [5.41, 5.74) is 13.4. The molecule has 0 heterocycles. The van der Waals surface area contributed by atoms with Crippen molar-refractivity contribution in [2.24, 2.45) is 0 Å². The third-order valence-electron chi connectivity index (χ3n) is 7.21. The van der Waals surface area contributed by atoms with Gasteiger partial charge in [0.15, 0.2) is 0 Å². The minimum Gasteiger partial charge on any atom is -1.00 e. The molecule has 183 valence electrons. The summed E-state index contributed by atoms with van der Waals surface area (Å²) in [5, 5.41) is 0. The van der Waals surface area contributed by atoms with E-state index in [1.165, 1.54) is 39.8 Å². The molecular weight excluding hydrogens is 571 g/mol. The van der Waals surface area contributed by atoms with Crippen molar-refractivity contribution in [3.05, 3.63) is 149 Å². The molecule has 6 rings (SSSR count). The molecule has 37 heavy (non-hydrogen) atoms. The van der Waals surface area contributed by atoms with E-state index in [9.17, 15) is 0 Å². The van der Waals surface area contributed by atoms with Gasteiger partial charge in [0.05, 0.1) is 0 Å². The van der Waals surface area contributed by atoms with Crippen LogP contribution in [0.15, 0.2) is 115 Å². The van der Waals surface area contributed by atoms with E-state index in [1.807, 2.05) is 0 Å². The van der Waals surface area contributed by atoms with Crippen LogP contribution in [-0.4, -0.2) is 3.21 Å². The number of rotatable bonds is 6. The van der Waals surface area contributed by atoms with E-state index in [0.717, 1.165) is 12.8 Å². The maximum absolute atomic E-state index is 2.43. The van der Waals surface area contributed by atoms with Crippen LogP contribution in [0.3, 0.4) is 0 Å². The zero-order chi connectivity index (χ0) is 23.6. The summed E-state index contributed by atoms with van der Waals surface area (Å²) in [4.78, 5) is 0. The molecule has 0 aromatic heterocycles. The fourth-order valence-corrected chi connectivity index (χ4v) is 10.1. The van der Waals surface area contributed by atoms with Crippen LogP contribution in [0.25, 0.3) is 16.7 Å². The van der Waals surface area contributed by atoms with Crippen LogP contribution in [0.4, 0.5) is 0 Å². The molecule has 4 aromatic rings. The Labute approximate surface area is 244 Å². The number of hydrogen-bond acceptors (Lipinski definition) is 0. The Morgan fingerprint density at radius 1 is 0.757 bits per heavy atom. The maximum Gasteiger partial charge on any atom is -1.00 e. The number of aryl methyl sites for hydroxylation is 1. The van der Waals surface area contributed by atoms with Crippen LogP contribution < -0.4 is 24.8 Å². The quantitative estimate of drug-likeness (QED) is 0.320. The van der Waals surface area contributed by atoms with Crippen LogP contribution >= 0.6 is 0 Å². The summed E-state index contributed by atoms with van der Waals surface area (Å²) in [6.07, 6.45) is 10.3. The fraction of sp³-hybridized carbons (Fsp3) is 0.147. The second-order valence-electron chi connectivity index (χ2n) is 9.41.